The van der Waals surface area contributed by atoms with Crippen molar-refractivity contribution in [2.75, 3.05) is 6.54 Å². The number of carbonyl (C=O) groups excluding carboxylic acids is 1. The topological polar surface area (TPSA) is 88.0 Å². The van der Waals surface area contributed by atoms with E-state index < -0.39 is 17.0 Å². The molecule has 0 spiro atoms. The maximum absolute atomic E-state index is 12.0. The number of aromatic amines is 1. The molecule has 0 fully saturated rings. The first kappa shape index (κ1) is 13.4. The van der Waals surface area contributed by atoms with Gasteiger partial charge < -0.3 is 16.0 Å². The molecule has 4 N–H and O–H groups in total. The second kappa shape index (κ2) is 5.14. The Morgan fingerprint density at radius 2 is 2.24 bits per heavy atom. The minimum absolute atomic E-state index is 0.104. The number of amides is 1. The van der Waals surface area contributed by atoms with Crippen LogP contribution in [0.5, 0.6) is 0 Å². The monoisotopic (exact) mass is 237 g/mol. The zero-order chi connectivity index (χ0) is 13.1. The Morgan fingerprint density at radius 1 is 1.59 bits per heavy atom. The number of pyridine rings is 1. The average molecular weight is 237 g/mol. The summed E-state index contributed by atoms with van der Waals surface area (Å²) in [4.78, 5) is 25.9. The number of hydrogen-bond donors (Lipinski definition) is 3. The van der Waals surface area contributed by atoms with Crippen molar-refractivity contribution in [3.63, 3.8) is 0 Å². The van der Waals surface area contributed by atoms with E-state index in [-0.39, 0.29) is 11.5 Å². The summed E-state index contributed by atoms with van der Waals surface area (Å²) >= 11 is 0. The van der Waals surface area contributed by atoms with Crippen molar-refractivity contribution in [3.05, 3.63) is 34.2 Å². The van der Waals surface area contributed by atoms with Gasteiger partial charge in [-0.25, -0.2) is 0 Å². The van der Waals surface area contributed by atoms with E-state index in [1.165, 1.54) is 12.3 Å². The molecule has 1 amide bonds. The van der Waals surface area contributed by atoms with Gasteiger partial charge in [0.1, 0.15) is 5.56 Å². The molecule has 0 saturated carbocycles. The first-order valence-electron chi connectivity index (χ1n) is 5.61. The highest BCUT2D eigenvalue weighted by atomic mass is 16.2. The van der Waals surface area contributed by atoms with Crippen LogP contribution in [0.25, 0.3) is 0 Å². The zero-order valence-corrected chi connectivity index (χ0v) is 10.4. The summed E-state index contributed by atoms with van der Waals surface area (Å²) in [6.07, 6.45) is 1.49. The van der Waals surface area contributed by atoms with Crippen LogP contribution >= 0.6 is 0 Å². The van der Waals surface area contributed by atoms with Gasteiger partial charge in [-0.15, -0.1) is 0 Å². The third-order valence-electron chi connectivity index (χ3n) is 3.16. The largest absolute Gasteiger partial charge is 0.345 e. The van der Waals surface area contributed by atoms with E-state index in [1.54, 1.807) is 6.07 Å². The molecule has 5 nitrogen and oxygen atoms in total. The Balaban J connectivity index is 2.94. The predicted molar refractivity (Wildman–Crippen MR) is 66.8 cm³/mol. The highest BCUT2D eigenvalue weighted by molar-refractivity contribution is 5.94. The summed E-state index contributed by atoms with van der Waals surface area (Å²) in [5.41, 5.74) is 4.87. The average Bonchev–Trinajstić information content (AvgIpc) is 2.29. The summed E-state index contributed by atoms with van der Waals surface area (Å²) in [6, 6.07) is 3.11. The fraction of sp³-hybridized carbons (Fsp3) is 0.500. The van der Waals surface area contributed by atoms with E-state index in [1.807, 2.05) is 20.8 Å². The molecule has 1 heterocycles. The van der Waals surface area contributed by atoms with Gasteiger partial charge in [0.05, 0.1) is 5.54 Å². The lowest BCUT2D eigenvalue weighted by molar-refractivity contribution is 0.0881. The number of hydrogen-bond acceptors (Lipinski definition) is 3. The first-order chi connectivity index (χ1) is 7.90. The van der Waals surface area contributed by atoms with Crippen molar-refractivity contribution in [2.24, 2.45) is 11.7 Å². The van der Waals surface area contributed by atoms with Gasteiger partial charge >= 0.3 is 0 Å². The third kappa shape index (κ3) is 2.94. The summed E-state index contributed by atoms with van der Waals surface area (Å²) in [5.74, 6) is -0.215. The van der Waals surface area contributed by atoms with Crippen LogP contribution in [-0.4, -0.2) is 23.0 Å². The van der Waals surface area contributed by atoms with Crippen LogP contribution < -0.4 is 16.6 Å². The van der Waals surface area contributed by atoms with Gasteiger partial charge in [-0.05, 0) is 25.0 Å². The van der Waals surface area contributed by atoms with E-state index in [2.05, 4.69) is 10.3 Å². The third-order valence-corrected chi connectivity index (χ3v) is 3.16. The smallest absolute Gasteiger partial charge is 0.260 e. The summed E-state index contributed by atoms with van der Waals surface area (Å²) in [7, 11) is 0. The maximum atomic E-state index is 12.0. The predicted octanol–water partition coefficient (Wildman–Crippen LogP) is 0.478. The van der Waals surface area contributed by atoms with Gasteiger partial charge in [-0.3, -0.25) is 9.59 Å². The molecule has 0 saturated heterocycles. The van der Waals surface area contributed by atoms with Crippen LogP contribution in [0.2, 0.25) is 0 Å². The second-order valence-corrected chi connectivity index (χ2v) is 4.64. The molecular weight excluding hydrogens is 218 g/mol. The van der Waals surface area contributed by atoms with Crippen LogP contribution in [0.1, 0.15) is 31.1 Å². The number of rotatable bonds is 4. The Hall–Kier alpha value is -1.62. The number of aromatic nitrogens is 1. The van der Waals surface area contributed by atoms with Crippen molar-refractivity contribution in [3.8, 4) is 0 Å². The SMILES string of the molecule is CC(C)C(C)(CN)NC(=O)c1ccc[nH]c1=O. The van der Waals surface area contributed by atoms with E-state index >= 15 is 0 Å². The Morgan fingerprint density at radius 3 is 2.71 bits per heavy atom. The van der Waals surface area contributed by atoms with Crippen LogP contribution in [0, 0.1) is 5.92 Å². The maximum Gasteiger partial charge on any atom is 0.260 e. The van der Waals surface area contributed by atoms with Gasteiger partial charge in [0, 0.05) is 12.7 Å². The summed E-state index contributed by atoms with van der Waals surface area (Å²) < 4.78 is 0. The highest BCUT2D eigenvalue weighted by Crippen LogP contribution is 2.15. The normalized spacial score (nSPS) is 14.4. The molecule has 0 aliphatic heterocycles. The molecule has 1 aromatic heterocycles. The lowest BCUT2D eigenvalue weighted by Gasteiger charge is -2.33. The van der Waals surface area contributed by atoms with Crippen LogP contribution in [0.15, 0.2) is 23.1 Å². The fourth-order valence-corrected chi connectivity index (χ4v) is 1.36. The lowest BCUT2D eigenvalue weighted by atomic mass is 9.88. The number of nitrogens with two attached hydrogens (primary N) is 1. The van der Waals surface area contributed by atoms with Gasteiger partial charge in [-0.1, -0.05) is 13.8 Å². The molecule has 0 aromatic carbocycles. The molecule has 0 aliphatic carbocycles. The van der Waals surface area contributed by atoms with Crippen molar-refractivity contribution in [2.45, 2.75) is 26.3 Å². The van der Waals surface area contributed by atoms with Crippen molar-refractivity contribution >= 4 is 5.91 Å². The number of nitrogens with one attached hydrogen (secondary N) is 2. The minimum atomic E-state index is -0.515. The molecular formula is C12H19N3O2. The Labute approximate surface area is 100 Å². The number of H-pyrrole nitrogens is 1. The molecule has 5 heteroatoms. The van der Waals surface area contributed by atoms with Crippen molar-refractivity contribution < 1.29 is 4.79 Å². The lowest BCUT2D eigenvalue weighted by Crippen LogP contribution is -2.55. The van der Waals surface area contributed by atoms with Crippen molar-refractivity contribution in [1.29, 1.82) is 0 Å². The Bertz CT molecular complexity index is 453. The Kier molecular flexibility index (Phi) is 4.07. The second-order valence-electron chi connectivity index (χ2n) is 4.64. The molecule has 94 valence electrons. The van der Waals surface area contributed by atoms with Crippen LogP contribution in [-0.2, 0) is 0 Å². The quantitative estimate of drug-likeness (QED) is 0.711. The molecule has 1 atom stereocenters. The standard InChI is InChI=1S/C12H19N3O2/c1-8(2)12(3,7-13)15-11(17)9-5-4-6-14-10(9)16/h4-6,8H,7,13H2,1-3H3,(H,14,16)(H,15,17). The van der Waals surface area contributed by atoms with E-state index in [0.717, 1.165) is 0 Å². The van der Waals surface area contributed by atoms with E-state index in [4.69, 9.17) is 5.73 Å². The molecule has 1 aromatic rings. The van der Waals surface area contributed by atoms with Gasteiger partial charge in [0.25, 0.3) is 11.5 Å². The van der Waals surface area contributed by atoms with Crippen LogP contribution in [0.4, 0.5) is 0 Å². The zero-order valence-electron chi connectivity index (χ0n) is 10.4. The molecule has 1 unspecified atom stereocenters. The molecule has 1 rings (SSSR count). The van der Waals surface area contributed by atoms with Gasteiger partial charge in [0.15, 0.2) is 0 Å². The molecule has 0 bridgehead atoms. The first-order valence-corrected chi connectivity index (χ1v) is 5.61. The van der Waals surface area contributed by atoms with Crippen LogP contribution in [0.3, 0.4) is 0 Å². The number of carbonyl (C=O) groups is 1. The van der Waals surface area contributed by atoms with E-state index in [9.17, 15) is 9.59 Å². The minimum Gasteiger partial charge on any atom is -0.345 e. The van der Waals surface area contributed by atoms with E-state index in [0.29, 0.717) is 6.54 Å². The molecule has 17 heavy (non-hydrogen) atoms. The summed E-state index contributed by atoms with van der Waals surface area (Å²) in [5, 5.41) is 2.82. The highest BCUT2D eigenvalue weighted by Gasteiger charge is 2.29. The van der Waals surface area contributed by atoms with Gasteiger partial charge in [0.2, 0.25) is 0 Å². The fourth-order valence-electron chi connectivity index (χ4n) is 1.36. The van der Waals surface area contributed by atoms with Crippen molar-refractivity contribution in [1.82, 2.24) is 10.3 Å². The van der Waals surface area contributed by atoms with Gasteiger partial charge in [-0.2, -0.15) is 0 Å². The molecule has 0 aliphatic rings. The summed E-state index contributed by atoms with van der Waals surface area (Å²) in [6.45, 7) is 6.14. The molecule has 0 radical (unpaired) electrons.